The molecule has 3 aromatic heterocycles. The van der Waals surface area contributed by atoms with Crippen molar-refractivity contribution in [3.05, 3.63) is 88.6 Å². The second-order valence-electron chi connectivity index (χ2n) is 8.81. The molecule has 1 aliphatic heterocycles. The van der Waals surface area contributed by atoms with Crippen LogP contribution in [0.2, 0.25) is 0 Å². The van der Waals surface area contributed by atoms with Crippen LogP contribution in [0.3, 0.4) is 0 Å². The van der Waals surface area contributed by atoms with Gasteiger partial charge in [0.2, 0.25) is 5.91 Å². The number of amides is 1. The van der Waals surface area contributed by atoms with Crippen LogP contribution in [0, 0.1) is 0 Å². The minimum Gasteiger partial charge on any atom is -0.336 e. The summed E-state index contributed by atoms with van der Waals surface area (Å²) in [4.78, 5) is 39.3. The second kappa shape index (κ2) is 8.18. The van der Waals surface area contributed by atoms with E-state index in [1.165, 1.54) is 0 Å². The monoisotopic (exact) mass is 464 g/mol. The molecule has 0 radical (unpaired) electrons. The summed E-state index contributed by atoms with van der Waals surface area (Å²) in [5.41, 5.74) is 12.0. The Hall–Kier alpha value is -4.30. The number of nitrogens with two attached hydrogens (primary N) is 1. The van der Waals surface area contributed by atoms with E-state index >= 15 is 0 Å². The molecule has 0 aliphatic carbocycles. The van der Waals surface area contributed by atoms with Gasteiger partial charge < -0.3 is 20.2 Å². The van der Waals surface area contributed by atoms with Gasteiger partial charge in [-0.3, -0.25) is 14.6 Å². The number of hydrogen-bond donors (Lipinski definition) is 2. The van der Waals surface area contributed by atoms with Crippen LogP contribution in [-0.4, -0.2) is 38.5 Å². The molecule has 3 N–H and O–H groups in total. The van der Waals surface area contributed by atoms with Crippen molar-refractivity contribution in [1.29, 1.82) is 0 Å². The van der Waals surface area contributed by atoms with Gasteiger partial charge in [0.05, 0.1) is 22.8 Å². The van der Waals surface area contributed by atoms with Crippen molar-refractivity contribution in [3.8, 4) is 11.3 Å². The summed E-state index contributed by atoms with van der Waals surface area (Å²) in [6.07, 6.45) is 4.47. The Balaban J connectivity index is 1.54. The van der Waals surface area contributed by atoms with Crippen molar-refractivity contribution in [2.45, 2.75) is 19.4 Å². The van der Waals surface area contributed by atoms with Gasteiger partial charge in [0, 0.05) is 54.6 Å². The number of benzene rings is 2. The SMILES string of the molecule is CC(=O)N1CCc2cc3nc(-c4cn(C(CN)c5ccccn5)c5ccccc45)c(=O)[nH]c3cc21. The lowest BCUT2D eigenvalue weighted by molar-refractivity contribution is -0.116. The van der Waals surface area contributed by atoms with Gasteiger partial charge in [-0.25, -0.2) is 4.98 Å². The van der Waals surface area contributed by atoms with Crippen LogP contribution in [-0.2, 0) is 11.2 Å². The zero-order valence-corrected chi connectivity index (χ0v) is 19.2. The van der Waals surface area contributed by atoms with Crippen molar-refractivity contribution in [3.63, 3.8) is 0 Å². The smallest absolute Gasteiger partial charge is 0.275 e. The first kappa shape index (κ1) is 21.2. The highest BCUT2D eigenvalue weighted by Crippen LogP contribution is 2.34. The number of aromatic nitrogens is 4. The molecule has 5 aromatic rings. The molecular formula is C27H24N6O2. The van der Waals surface area contributed by atoms with Crippen LogP contribution in [0.4, 0.5) is 5.69 Å². The zero-order valence-electron chi connectivity index (χ0n) is 19.2. The fourth-order valence-corrected chi connectivity index (χ4v) is 5.08. The van der Waals surface area contributed by atoms with Gasteiger partial charge in [0.25, 0.3) is 5.56 Å². The number of fused-ring (bicyclic) bond motifs is 3. The second-order valence-corrected chi connectivity index (χ2v) is 8.81. The van der Waals surface area contributed by atoms with Gasteiger partial charge in [0.1, 0.15) is 5.69 Å². The summed E-state index contributed by atoms with van der Waals surface area (Å²) < 4.78 is 2.08. The molecule has 0 fully saturated rings. The van der Waals surface area contributed by atoms with Crippen LogP contribution >= 0.6 is 0 Å². The number of aromatic amines is 1. The average molecular weight is 465 g/mol. The molecule has 1 unspecified atom stereocenters. The summed E-state index contributed by atoms with van der Waals surface area (Å²) in [6.45, 7) is 2.55. The highest BCUT2D eigenvalue weighted by molar-refractivity contribution is 5.98. The van der Waals surface area contributed by atoms with Crippen LogP contribution in [0.5, 0.6) is 0 Å². The lowest BCUT2D eigenvalue weighted by Crippen LogP contribution is -2.25. The number of hydrogen-bond acceptors (Lipinski definition) is 5. The van der Waals surface area contributed by atoms with E-state index < -0.39 is 0 Å². The third-order valence-electron chi connectivity index (χ3n) is 6.75. The predicted octanol–water partition coefficient (Wildman–Crippen LogP) is 3.40. The van der Waals surface area contributed by atoms with E-state index in [9.17, 15) is 9.59 Å². The third kappa shape index (κ3) is 3.41. The molecule has 4 heterocycles. The van der Waals surface area contributed by atoms with Crippen LogP contribution in [0.1, 0.15) is 24.2 Å². The van der Waals surface area contributed by atoms with Gasteiger partial charge in [-0.2, -0.15) is 0 Å². The summed E-state index contributed by atoms with van der Waals surface area (Å²) in [6, 6.07) is 17.3. The van der Waals surface area contributed by atoms with E-state index in [1.807, 2.05) is 60.8 Å². The van der Waals surface area contributed by atoms with Crippen molar-refractivity contribution in [2.75, 3.05) is 18.0 Å². The molecule has 6 rings (SSSR count). The van der Waals surface area contributed by atoms with Gasteiger partial charge >= 0.3 is 0 Å². The molecule has 35 heavy (non-hydrogen) atoms. The molecule has 174 valence electrons. The van der Waals surface area contributed by atoms with E-state index in [0.717, 1.165) is 39.8 Å². The Bertz CT molecular complexity index is 1650. The zero-order chi connectivity index (χ0) is 24.1. The molecular weight excluding hydrogens is 440 g/mol. The Morgan fingerprint density at radius 3 is 2.77 bits per heavy atom. The summed E-state index contributed by atoms with van der Waals surface area (Å²) in [5.74, 6) is -0.00907. The van der Waals surface area contributed by atoms with Gasteiger partial charge in [-0.05, 0) is 42.3 Å². The minimum absolute atomic E-state index is 0.00907. The number of nitrogens with one attached hydrogen (secondary N) is 1. The topological polar surface area (TPSA) is 110 Å². The fourth-order valence-electron chi connectivity index (χ4n) is 5.08. The number of carbonyl (C=O) groups is 1. The first-order valence-electron chi connectivity index (χ1n) is 11.6. The molecule has 0 bridgehead atoms. The number of anilines is 1. The van der Waals surface area contributed by atoms with E-state index in [4.69, 9.17) is 10.7 Å². The number of rotatable bonds is 4. The lowest BCUT2D eigenvalue weighted by Gasteiger charge is -2.17. The Morgan fingerprint density at radius 2 is 2.00 bits per heavy atom. The number of carbonyl (C=O) groups excluding carboxylic acids is 1. The number of pyridine rings is 1. The molecule has 0 saturated carbocycles. The summed E-state index contributed by atoms with van der Waals surface area (Å²) >= 11 is 0. The first-order valence-corrected chi connectivity index (χ1v) is 11.6. The summed E-state index contributed by atoms with van der Waals surface area (Å²) in [5, 5.41) is 0.920. The predicted molar refractivity (Wildman–Crippen MR) is 136 cm³/mol. The van der Waals surface area contributed by atoms with E-state index in [-0.39, 0.29) is 17.5 Å². The highest BCUT2D eigenvalue weighted by atomic mass is 16.2. The number of para-hydroxylation sites is 1. The number of nitrogens with zero attached hydrogens (tertiary/aromatic N) is 4. The molecule has 1 aliphatic rings. The Labute approximate surface area is 201 Å². The van der Waals surface area contributed by atoms with Crippen molar-refractivity contribution < 1.29 is 4.79 Å². The Kier molecular flexibility index (Phi) is 4.96. The van der Waals surface area contributed by atoms with Gasteiger partial charge in [-0.15, -0.1) is 0 Å². The number of H-pyrrole nitrogens is 1. The molecule has 0 spiro atoms. The molecule has 2 aromatic carbocycles. The maximum absolute atomic E-state index is 13.3. The van der Waals surface area contributed by atoms with E-state index in [1.54, 1.807) is 18.0 Å². The fraction of sp³-hybridized carbons (Fsp3) is 0.185. The highest BCUT2D eigenvalue weighted by Gasteiger charge is 2.25. The normalized spacial score (nSPS) is 13.9. The molecule has 1 atom stereocenters. The van der Waals surface area contributed by atoms with Crippen molar-refractivity contribution >= 4 is 33.5 Å². The van der Waals surface area contributed by atoms with Crippen molar-refractivity contribution in [2.24, 2.45) is 5.73 Å². The third-order valence-corrected chi connectivity index (χ3v) is 6.75. The standard InChI is InChI=1S/C27H24N6O2/c1-16(34)32-11-9-17-12-21-22(13-24(17)32)31-27(35)26(30-21)19-15-33(23-8-3-2-6-18(19)23)25(14-28)20-7-4-5-10-29-20/h2-8,10,12-13,15,25H,9,11,14,28H2,1H3,(H,31,35). The van der Waals surface area contributed by atoms with Gasteiger partial charge in [-0.1, -0.05) is 24.3 Å². The maximum atomic E-state index is 13.3. The molecule has 1 amide bonds. The average Bonchev–Trinajstić information content (AvgIpc) is 3.45. The van der Waals surface area contributed by atoms with Gasteiger partial charge in [0.15, 0.2) is 0 Å². The first-order chi connectivity index (χ1) is 17.0. The van der Waals surface area contributed by atoms with Crippen LogP contribution in [0.15, 0.2) is 71.8 Å². The van der Waals surface area contributed by atoms with E-state index in [2.05, 4.69) is 14.5 Å². The Morgan fingerprint density at radius 1 is 1.17 bits per heavy atom. The maximum Gasteiger partial charge on any atom is 0.275 e. The van der Waals surface area contributed by atoms with Crippen molar-refractivity contribution in [1.82, 2.24) is 19.5 Å². The summed E-state index contributed by atoms with van der Waals surface area (Å²) in [7, 11) is 0. The molecule has 8 nitrogen and oxygen atoms in total. The molecule has 8 heteroatoms. The largest absolute Gasteiger partial charge is 0.336 e. The molecule has 0 saturated heterocycles. The quantitative estimate of drug-likeness (QED) is 0.424. The minimum atomic E-state index is -0.283. The lowest BCUT2D eigenvalue weighted by atomic mass is 10.1. The van der Waals surface area contributed by atoms with Crippen LogP contribution < -0.4 is 16.2 Å². The van der Waals surface area contributed by atoms with E-state index in [0.29, 0.717) is 29.8 Å². The van der Waals surface area contributed by atoms with Crippen LogP contribution in [0.25, 0.3) is 33.2 Å².